The van der Waals surface area contributed by atoms with Crippen molar-refractivity contribution in [3.63, 3.8) is 0 Å². The quantitative estimate of drug-likeness (QED) is 0.674. The van der Waals surface area contributed by atoms with Crippen molar-refractivity contribution in [3.05, 3.63) is 28.2 Å². The molecule has 1 amide bonds. The molecule has 1 aromatic rings. The Labute approximate surface area is 99.9 Å². The molecule has 0 fully saturated rings. The lowest BCUT2D eigenvalue weighted by Gasteiger charge is -2.11. The summed E-state index contributed by atoms with van der Waals surface area (Å²) in [6, 6.07) is 5.42. The number of alkyl halides is 2. The number of hydrogen-bond donors (Lipinski definition) is 0. The van der Waals surface area contributed by atoms with Crippen LogP contribution < -0.4 is 4.90 Å². The standard InChI is InChI=1S/C9H6BrCl2NO/c1-13-7-3-2-5(10)4-6(7)9(11,12)8(13)14/h2-4H,1H3. The topological polar surface area (TPSA) is 20.3 Å². The Bertz CT molecular complexity index is 419. The summed E-state index contributed by atoms with van der Waals surface area (Å²) in [4.78, 5) is 13.1. The predicted octanol–water partition coefficient (Wildman–Crippen LogP) is 3.06. The zero-order valence-corrected chi connectivity index (χ0v) is 10.3. The van der Waals surface area contributed by atoms with E-state index in [4.69, 9.17) is 23.2 Å². The zero-order chi connectivity index (χ0) is 10.5. The molecule has 0 unspecified atom stereocenters. The van der Waals surface area contributed by atoms with E-state index in [2.05, 4.69) is 15.9 Å². The van der Waals surface area contributed by atoms with Crippen molar-refractivity contribution in [2.24, 2.45) is 0 Å². The second-order valence-corrected chi connectivity index (χ2v) is 5.34. The molecule has 2 nitrogen and oxygen atoms in total. The number of carbonyl (C=O) groups is 1. The average Bonchev–Trinajstić information content (AvgIpc) is 2.29. The highest BCUT2D eigenvalue weighted by atomic mass is 79.9. The van der Waals surface area contributed by atoms with Crippen LogP contribution in [0.1, 0.15) is 5.56 Å². The average molecular weight is 295 g/mol. The van der Waals surface area contributed by atoms with Gasteiger partial charge >= 0.3 is 0 Å². The minimum absolute atomic E-state index is 0.311. The summed E-state index contributed by atoms with van der Waals surface area (Å²) in [6.07, 6.45) is 0. The third kappa shape index (κ3) is 1.27. The van der Waals surface area contributed by atoms with Crippen molar-refractivity contribution < 1.29 is 4.79 Å². The van der Waals surface area contributed by atoms with Crippen molar-refractivity contribution in [1.29, 1.82) is 0 Å². The second kappa shape index (κ2) is 3.12. The van der Waals surface area contributed by atoms with E-state index in [-0.39, 0.29) is 5.91 Å². The number of amides is 1. The third-order valence-electron chi connectivity index (χ3n) is 2.23. The van der Waals surface area contributed by atoms with Crippen LogP contribution in [0.15, 0.2) is 22.7 Å². The zero-order valence-electron chi connectivity index (χ0n) is 7.22. The molecular formula is C9H6BrCl2NO. The summed E-state index contributed by atoms with van der Waals surface area (Å²) in [6.45, 7) is 0. The van der Waals surface area contributed by atoms with Gasteiger partial charge in [-0.05, 0) is 18.2 Å². The molecule has 1 aliphatic heterocycles. The van der Waals surface area contributed by atoms with E-state index in [1.54, 1.807) is 13.1 Å². The fraction of sp³-hybridized carbons (Fsp3) is 0.222. The fourth-order valence-corrected chi connectivity index (χ4v) is 2.40. The predicted molar refractivity (Wildman–Crippen MR) is 60.9 cm³/mol. The Morgan fingerprint density at radius 1 is 1.43 bits per heavy atom. The molecular weight excluding hydrogens is 289 g/mol. The SMILES string of the molecule is CN1C(=O)C(Cl)(Cl)c2cc(Br)ccc21. The van der Waals surface area contributed by atoms with E-state index in [0.717, 1.165) is 10.2 Å². The van der Waals surface area contributed by atoms with Crippen LogP contribution in [0.5, 0.6) is 0 Å². The molecule has 0 aliphatic carbocycles. The van der Waals surface area contributed by atoms with Gasteiger partial charge in [-0.2, -0.15) is 0 Å². The molecule has 1 aromatic carbocycles. The first-order valence-corrected chi connectivity index (χ1v) is 5.45. The number of fused-ring (bicyclic) bond motifs is 1. The van der Waals surface area contributed by atoms with E-state index in [1.807, 2.05) is 12.1 Å². The summed E-state index contributed by atoms with van der Waals surface area (Å²) in [7, 11) is 1.65. The van der Waals surface area contributed by atoms with Crippen LogP contribution in [0.4, 0.5) is 5.69 Å². The van der Waals surface area contributed by atoms with Gasteiger partial charge in [0.25, 0.3) is 5.91 Å². The maximum Gasteiger partial charge on any atom is 0.267 e. The fourth-order valence-electron chi connectivity index (χ4n) is 1.49. The van der Waals surface area contributed by atoms with E-state index in [0.29, 0.717) is 5.56 Å². The van der Waals surface area contributed by atoms with Gasteiger partial charge < -0.3 is 4.90 Å². The summed E-state index contributed by atoms with van der Waals surface area (Å²) in [5, 5.41) is 0. The number of likely N-dealkylation sites (N-methyl/N-ethyl adjacent to an activating group) is 1. The van der Waals surface area contributed by atoms with Crippen LogP contribution in [0.25, 0.3) is 0 Å². The van der Waals surface area contributed by atoms with Crippen LogP contribution in [-0.4, -0.2) is 13.0 Å². The Kier molecular flexibility index (Phi) is 2.29. The Morgan fingerprint density at radius 2 is 2.07 bits per heavy atom. The minimum Gasteiger partial charge on any atom is -0.312 e. The van der Waals surface area contributed by atoms with Crippen LogP contribution in [0.3, 0.4) is 0 Å². The number of benzene rings is 1. The number of hydrogen-bond acceptors (Lipinski definition) is 1. The monoisotopic (exact) mass is 293 g/mol. The van der Waals surface area contributed by atoms with Crippen molar-refractivity contribution >= 4 is 50.7 Å². The second-order valence-electron chi connectivity index (χ2n) is 3.10. The maximum absolute atomic E-state index is 11.6. The van der Waals surface area contributed by atoms with Crippen molar-refractivity contribution in [2.75, 3.05) is 11.9 Å². The Hall–Kier alpha value is -0.250. The van der Waals surface area contributed by atoms with Crippen LogP contribution in [0, 0.1) is 0 Å². The van der Waals surface area contributed by atoms with Gasteiger partial charge in [-0.3, -0.25) is 4.79 Å². The molecule has 0 atom stereocenters. The first-order chi connectivity index (χ1) is 6.44. The molecule has 0 saturated carbocycles. The molecule has 2 rings (SSSR count). The highest BCUT2D eigenvalue weighted by Gasteiger charge is 2.47. The maximum atomic E-state index is 11.6. The third-order valence-corrected chi connectivity index (χ3v) is 3.46. The first kappa shape index (κ1) is 10.3. The molecule has 0 spiro atoms. The Morgan fingerprint density at radius 3 is 2.71 bits per heavy atom. The van der Waals surface area contributed by atoms with E-state index < -0.39 is 4.33 Å². The molecule has 0 aromatic heterocycles. The molecule has 0 radical (unpaired) electrons. The number of rotatable bonds is 0. The number of carbonyl (C=O) groups excluding carboxylic acids is 1. The molecule has 0 N–H and O–H groups in total. The van der Waals surface area contributed by atoms with Gasteiger partial charge in [0, 0.05) is 17.1 Å². The van der Waals surface area contributed by atoms with E-state index in [1.165, 1.54) is 4.90 Å². The lowest BCUT2D eigenvalue weighted by atomic mass is 10.1. The lowest BCUT2D eigenvalue weighted by molar-refractivity contribution is -0.118. The molecule has 14 heavy (non-hydrogen) atoms. The van der Waals surface area contributed by atoms with Gasteiger partial charge in [-0.15, -0.1) is 0 Å². The number of nitrogens with zero attached hydrogens (tertiary/aromatic N) is 1. The van der Waals surface area contributed by atoms with E-state index in [9.17, 15) is 4.79 Å². The Balaban J connectivity index is 2.69. The molecule has 74 valence electrons. The highest BCUT2D eigenvalue weighted by Crippen LogP contribution is 2.47. The van der Waals surface area contributed by atoms with Crippen molar-refractivity contribution in [2.45, 2.75) is 4.33 Å². The van der Waals surface area contributed by atoms with Gasteiger partial charge in [0.2, 0.25) is 4.33 Å². The van der Waals surface area contributed by atoms with Gasteiger partial charge in [0.15, 0.2) is 0 Å². The number of halogens is 3. The van der Waals surface area contributed by atoms with Crippen LogP contribution in [0.2, 0.25) is 0 Å². The minimum atomic E-state index is -1.45. The molecule has 5 heteroatoms. The summed E-state index contributed by atoms with van der Waals surface area (Å²) in [5.74, 6) is -0.311. The first-order valence-electron chi connectivity index (χ1n) is 3.90. The number of anilines is 1. The van der Waals surface area contributed by atoms with Gasteiger partial charge in [0.05, 0.1) is 5.69 Å². The van der Waals surface area contributed by atoms with Crippen molar-refractivity contribution in [1.82, 2.24) is 0 Å². The molecule has 0 saturated heterocycles. The normalized spacial score (nSPS) is 18.6. The smallest absolute Gasteiger partial charge is 0.267 e. The van der Waals surface area contributed by atoms with Crippen molar-refractivity contribution in [3.8, 4) is 0 Å². The molecule has 1 aliphatic rings. The van der Waals surface area contributed by atoms with Gasteiger partial charge in [-0.1, -0.05) is 39.1 Å². The lowest BCUT2D eigenvalue weighted by Crippen LogP contribution is -2.29. The molecule has 1 heterocycles. The largest absolute Gasteiger partial charge is 0.312 e. The van der Waals surface area contributed by atoms with E-state index >= 15 is 0 Å². The summed E-state index contributed by atoms with van der Waals surface area (Å²) < 4.78 is -0.599. The molecule has 0 bridgehead atoms. The van der Waals surface area contributed by atoms with Gasteiger partial charge in [0.1, 0.15) is 0 Å². The highest BCUT2D eigenvalue weighted by molar-refractivity contribution is 9.10. The van der Waals surface area contributed by atoms with Gasteiger partial charge in [-0.25, -0.2) is 0 Å². The van der Waals surface area contributed by atoms with Crippen LogP contribution >= 0.6 is 39.1 Å². The summed E-state index contributed by atoms with van der Waals surface area (Å²) >= 11 is 15.2. The van der Waals surface area contributed by atoms with Crippen LogP contribution in [-0.2, 0) is 9.13 Å². The summed E-state index contributed by atoms with van der Waals surface area (Å²) in [5.41, 5.74) is 1.38.